The molecule has 0 aliphatic carbocycles. The van der Waals surface area contributed by atoms with Gasteiger partial charge in [-0.1, -0.05) is 30.3 Å². The zero-order valence-corrected chi connectivity index (χ0v) is 13.8. The summed E-state index contributed by atoms with van der Waals surface area (Å²) in [4.78, 5) is 25.2. The van der Waals surface area contributed by atoms with E-state index in [0.717, 1.165) is 5.56 Å². The van der Waals surface area contributed by atoms with Crippen LogP contribution >= 0.6 is 0 Å². The molecule has 3 rings (SSSR count). The van der Waals surface area contributed by atoms with Gasteiger partial charge in [0.1, 0.15) is 0 Å². The number of esters is 2. The number of carbonyl (C=O) groups is 2. The number of ether oxygens (including phenoxy) is 2. The van der Waals surface area contributed by atoms with E-state index in [1.54, 1.807) is 7.05 Å². The summed E-state index contributed by atoms with van der Waals surface area (Å²) in [5, 5.41) is 13.7. The maximum Gasteiger partial charge on any atom is 0.421 e. The molecule has 0 aromatic heterocycles. The first kappa shape index (κ1) is 16.9. The summed E-state index contributed by atoms with van der Waals surface area (Å²) in [6.07, 6.45) is 0.483. The van der Waals surface area contributed by atoms with Gasteiger partial charge in [0, 0.05) is 19.1 Å². The normalized spacial score (nSPS) is 27.8. The average molecular weight is 334 g/mol. The summed E-state index contributed by atoms with van der Waals surface area (Å²) in [7, 11) is 1.73. The Morgan fingerprint density at radius 2 is 1.88 bits per heavy atom. The van der Waals surface area contributed by atoms with Gasteiger partial charge in [-0.2, -0.15) is 0 Å². The second-order valence-corrected chi connectivity index (χ2v) is 6.45. The average Bonchev–Trinajstić information content (AvgIpc) is 2.81. The summed E-state index contributed by atoms with van der Waals surface area (Å²) in [5.74, 6) is -3.60. The van der Waals surface area contributed by atoms with Crippen LogP contribution in [-0.2, 0) is 19.1 Å². The molecule has 24 heavy (non-hydrogen) atoms. The van der Waals surface area contributed by atoms with Gasteiger partial charge in [-0.25, -0.2) is 14.5 Å². The number of nitrogens with zero attached hydrogens (tertiary/aromatic N) is 1. The second-order valence-electron chi connectivity index (χ2n) is 6.45. The van der Waals surface area contributed by atoms with Gasteiger partial charge in [0.2, 0.25) is 0 Å². The van der Waals surface area contributed by atoms with Crippen LogP contribution in [0, 0.1) is 0 Å². The summed E-state index contributed by atoms with van der Waals surface area (Å²) in [5.41, 5.74) is -0.109. The zero-order chi connectivity index (χ0) is 17.4. The Kier molecular flexibility index (Phi) is 4.33. The van der Waals surface area contributed by atoms with Crippen molar-refractivity contribution in [3.63, 3.8) is 0 Å². The van der Waals surface area contributed by atoms with E-state index < -0.39 is 23.5 Å². The van der Waals surface area contributed by atoms with Crippen molar-refractivity contribution in [3.8, 4) is 0 Å². The van der Waals surface area contributed by atoms with Crippen molar-refractivity contribution in [2.24, 2.45) is 0 Å². The minimum Gasteiger partial charge on any atom is -0.400 e. The van der Waals surface area contributed by atoms with Crippen LogP contribution in [0.2, 0.25) is 0 Å². The SMILES string of the molecule is CNCC1(O)CCN(C(C)c2ccccc2)C2(C1)OC(=O)C(=O)O2. The third kappa shape index (κ3) is 2.90. The van der Waals surface area contributed by atoms with Crippen LogP contribution in [0.1, 0.15) is 31.4 Å². The largest absolute Gasteiger partial charge is 0.421 e. The van der Waals surface area contributed by atoms with Gasteiger partial charge in [-0.3, -0.25) is 0 Å². The maximum absolute atomic E-state index is 11.7. The van der Waals surface area contributed by atoms with Crippen LogP contribution in [0.5, 0.6) is 0 Å². The van der Waals surface area contributed by atoms with Crippen LogP contribution in [0.25, 0.3) is 0 Å². The second kappa shape index (κ2) is 6.16. The molecule has 1 aromatic carbocycles. The van der Waals surface area contributed by atoms with E-state index in [1.807, 2.05) is 42.2 Å². The molecule has 2 atom stereocenters. The minimum atomic E-state index is -1.56. The number of aliphatic hydroxyl groups is 1. The van der Waals surface area contributed by atoms with Crippen molar-refractivity contribution in [2.45, 2.75) is 37.3 Å². The molecule has 7 nitrogen and oxygen atoms in total. The molecule has 2 fully saturated rings. The molecule has 1 spiro atoms. The highest BCUT2D eigenvalue weighted by atomic mass is 16.8. The third-order valence-electron chi connectivity index (χ3n) is 4.73. The van der Waals surface area contributed by atoms with Gasteiger partial charge in [-0.15, -0.1) is 0 Å². The van der Waals surface area contributed by atoms with E-state index in [1.165, 1.54) is 0 Å². The number of carbonyl (C=O) groups excluding carboxylic acids is 2. The molecule has 0 bridgehead atoms. The van der Waals surface area contributed by atoms with Crippen molar-refractivity contribution < 1.29 is 24.2 Å². The number of nitrogens with one attached hydrogen (secondary N) is 1. The molecular formula is C17H22N2O5. The van der Waals surface area contributed by atoms with E-state index >= 15 is 0 Å². The highest BCUT2D eigenvalue weighted by molar-refractivity contribution is 6.31. The fourth-order valence-electron chi connectivity index (χ4n) is 3.57. The number of benzene rings is 1. The predicted octanol–water partition coefficient (Wildman–Crippen LogP) is 0.548. The van der Waals surface area contributed by atoms with E-state index in [4.69, 9.17) is 9.47 Å². The number of hydrogen-bond acceptors (Lipinski definition) is 7. The van der Waals surface area contributed by atoms with Crippen LogP contribution in [0.4, 0.5) is 0 Å². The quantitative estimate of drug-likeness (QED) is 0.614. The van der Waals surface area contributed by atoms with E-state index in [2.05, 4.69) is 5.32 Å². The van der Waals surface area contributed by atoms with Crippen molar-refractivity contribution in [1.29, 1.82) is 0 Å². The van der Waals surface area contributed by atoms with Gasteiger partial charge in [-0.05, 0) is 26.0 Å². The molecular weight excluding hydrogens is 312 g/mol. The topological polar surface area (TPSA) is 88.1 Å². The molecule has 0 amide bonds. The van der Waals surface area contributed by atoms with Gasteiger partial charge in [0.15, 0.2) is 0 Å². The van der Waals surface area contributed by atoms with E-state index in [9.17, 15) is 14.7 Å². The van der Waals surface area contributed by atoms with Crippen molar-refractivity contribution in [3.05, 3.63) is 35.9 Å². The lowest BCUT2D eigenvalue weighted by molar-refractivity contribution is -0.299. The number of likely N-dealkylation sites (tertiary alicyclic amines) is 1. The molecule has 0 radical (unpaired) electrons. The van der Waals surface area contributed by atoms with Crippen LogP contribution in [0.15, 0.2) is 30.3 Å². The van der Waals surface area contributed by atoms with Crippen molar-refractivity contribution >= 4 is 11.9 Å². The predicted molar refractivity (Wildman–Crippen MR) is 84.6 cm³/mol. The lowest BCUT2D eigenvalue weighted by Gasteiger charge is -2.49. The molecule has 1 aromatic rings. The van der Waals surface area contributed by atoms with Crippen LogP contribution in [0.3, 0.4) is 0 Å². The lowest BCUT2D eigenvalue weighted by atomic mass is 9.87. The smallest absolute Gasteiger partial charge is 0.400 e. The molecule has 2 aliphatic rings. The summed E-state index contributed by atoms with van der Waals surface area (Å²) >= 11 is 0. The Balaban J connectivity index is 1.93. The molecule has 0 saturated carbocycles. The van der Waals surface area contributed by atoms with Gasteiger partial charge >= 0.3 is 17.8 Å². The first-order valence-electron chi connectivity index (χ1n) is 8.04. The Morgan fingerprint density at radius 1 is 1.25 bits per heavy atom. The Labute approximate surface area is 140 Å². The maximum atomic E-state index is 11.7. The molecule has 2 N–H and O–H groups in total. The third-order valence-corrected chi connectivity index (χ3v) is 4.73. The fraction of sp³-hybridized carbons (Fsp3) is 0.529. The summed E-state index contributed by atoms with van der Waals surface area (Å²) < 4.78 is 10.7. The van der Waals surface area contributed by atoms with Gasteiger partial charge in [0.25, 0.3) is 0 Å². The number of likely N-dealkylation sites (N-methyl/N-ethyl adjacent to an activating group) is 1. The van der Waals surface area contributed by atoms with Gasteiger partial charge in [0.05, 0.1) is 12.0 Å². The summed E-state index contributed by atoms with van der Waals surface area (Å²) in [6.45, 7) is 2.70. The molecule has 130 valence electrons. The number of hydrogen-bond donors (Lipinski definition) is 2. The van der Waals surface area contributed by atoms with Crippen molar-refractivity contribution in [1.82, 2.24) is 10.2 Å². The molecule has 2 unspecified atom stereocenters. The lowest BCUT2D eigenvalue weighted by Crippen LogP contribution is -2.62. The highest BCUT2D eigenvalue weighted by Gasteiger charge is 2.60. The fourth-order valence-corrected chi connectivity index (χ4v) is 3.57. The zero-order valence-electron chi connectivity index (χ0n) is 13.8. The van der Waals surface area contributed by atoms with Crippen LogP contribution < -0.4 is 5.32 Å². The molecule has 7 heteroatoms. The minimum absolute atomic E-state index is 0.00942. The van der Waals surface area contributed by atoms with E-state index in [0.29, 0.717) is 19.5 Å². The Hall–Kier alpha value is -1.96. The first-order valence-corrected chi connectivity index (χ1v) is 8.04. The van der Waals surface area contributed by atoms with Gasteiger partial charge < -0.3 is 19.9 Å². The Bertz CT molecular complexity index is 619. The first-order chi connectivity index (χ1) is 11.4. The molecule has 2 saturated heterocycles. The van der Waals surface area contributed by atoms with Crippen LogP contribution in [-0.4, -0.2) is 53.6 Å². The van der Waals surface area contributed by atoms with E-state index in [-0.39, 0.29) is 12.5 Å². The molecule has 2 aliphatic heterocycles. The Morgan fingerprint density at radius 3 is 2.46 bits per heavy atom. The molecule has 2 heterocycles. The standard InChI is InChI=1S/C17H22N2O5/c1-12(13-6-4-3-5-7-13)19-9-8-16(22,11-18-2)10-17(19)23-14(20)15(21)24-17/h3-7,12,18,22H,8-11H2,1-2H3. The van der Waals surface area contributed by atoms with Crippen molar-refractivity contribution in [2.75, 3.05) is 20.1 Å². The highest BCUT2D eigenvalue weighted by Crippen LogP contribution is 2.43. The number of piperidine rings is 1. The monoisotopic (exact) mass is 334 g/mol. The number of rotatable bonds is 4. The summed E-state index contributed by atoms with van der Waals surface area (Å²) in [6, 6.07) is 9.54.